The molecule has 0 saturated heterocycles. The monoisotopic (exact) mass is 244 g/mol. The van der Waals surface area contributed by atoms with E-state index in [0.717, 1.165) is 5.56 Å². The molecule has 1 aromatic heterocycles. The molecule has 0 unspecified atom stereocenters. The van der Waals surface area contributed by atoms with Gasteiger partial charge in [-0.05, 0) is 17.7 Å². The van der Waals surface area contributed by atoms with Crippen LogP contribution in [-0.2, 0) is 4.79 Å². The van der Waals surface area contributed by atoms with E-state index in [0.29, 0.717) is 11.3 Å². The molecule has 2 aromatic rings. The maximum absolute atomic E-state index is 10.6. The molecule has 2 rings (SSSR count). The number of nitrogens with two attached hydrogens (primary N) is 1. The minimum Gasteiger partial charge on any atom is -0.507 e. The second-order valence-electron chi connectivity index (χ2n) is 3.73. The number of phenolic OH excluding ortho intramolecular Hbond substituents is 1. The van der Waals surface area contributed by atoms with Crippen LogP contribution in [0.25, 0.3) is 17.4 Å². The number of benzene rings is 1. The molecule has 0 atom stereocenters. The zero-order chi connectivity index (χ0) is 13.0. The van der Waals surface area contributed by atoms with Crippen LogP contribution in [0.1, 0.15) is 12.0 Å². The molecule has 5 nitrogen and oxygen atoms in total. The Morgan fingerprint density at radius 1 is 1.44 bits per heavy atom. The van der Waals surface area contributed by atoms with Crippen LogP contribution in [-0.4, -0.2) is 16.2 Å². The van der Waals surface area contributed by atoms with Crippen LogP contribution in [0.5, 0.6) is 5.75 Å². The normalized spacial score (nSPS) is 10.9. The molecule has 0 aliphatic carbocycles. The van der Waals surface area contributed by atoms with Crippen molar-refractivity contribution in [3.63, 3.8) is 0 Å². The first kappa shape index (κ1) is 11.9. The van der Waals surface area contributed by atoms with Crippen LogP contribution in [0, 0.1) is 0 Å². The van der Waals surface area contributed by atoms with Crippen molar-refractivity contribution in [2.75, 3.05) is 0 Å². The Balaban J connectivity index is 2.27. The summed E-state index contributed by atoms with van der Waals surface area (Å²) in [5, 5.41) is 13.3. The Labute approximate surface area is 104 Å². The molecule has 1 aromatic carbocycles. The number of hydrogen-bond acceptors (Lipinski definition) is 4. The molecular weight excluding hydrogens is 232 g/mol. The van der Waals surface area contributed by atoms with Gasteiger partial charge in [-0.1, -0.05) is 23.4 Å². The molecule has 92 valence electrons. The highest BCUT2D eigenvalue weighted by Crippen LogP contribution is 2.30. The number of rotatable bonds is 4. The minimum atomic E-state index is -0.388. The van der Waals surface area contributed by atoms with Gasteiger partial charge in [0.2, 0.25) is 5.91 Å². The lowest BCUT2D eigenvalue weighted by atomic mass is 10.1. The van der Waals surface area contributed by atoms with Gasteiger partial charge >= 0.3 is 0 Å². The number of hydrogen-bond donors (Lipinski definition) is 2. The Morgan fingerprint density at radius 2 is 2.28 bits per heavy atom. The smallest absolute Gasteiger partial charge is 0.221 e. The summed E-state index contributed by atoms with van der Waals surface area (Å²) in [4.78, 5) is 10.6. The highest BCUT2D eigenvalue weighted by atomic mass is 16.5. The van der Waals surface area contributed by atoms with Crippen LogP contribution in [0.3, 0.4) is 0 Å². The summed E-state index contributed by atoms with van der Waals surface area (Å²) in [6, 6.07) is 6.69. The molecule has 1 amide bonds. The Kier molecular flexibility index (Phi) is 3.43. The lowest BCUT2D eigenvalue weighted by Gasteiger charge is -2.02. The van der Waals surface area contributed by atoms with E-state index in [4.69, 9.17) is 10.3 Å². The van der Waals surface area contributed by atoms with Crippen LogP contribution in [0.15, 0.2) is 41.1 Å². The summed E-state index contributed by atoms with van der Waals surface area (Å²) in [7, 11) is 0. The van der Waals surface area contributed by atoms with E-state index < -0.39 is 0 Å². The van der Waals surface area contributed by atoms with Gasteiger partial charge in [-0.15, -0.1) is 0 Å². The summed E-state index contributed by atoms with van der Waals surface area (Å²) in [6.07, 6.45) is 5.10. The van der Waals surface area contributed by atoms with Crippen molar-refractivity contribution in [1.82, 2.24) is 5.16 Å². The van der Waals surface area contributed by atoms with E-state index >= 15 is 0 Å². The number of carbonyl (C=O) groups is 1. The fraction of sp³-hybridized carbons (Fsp3) is 0.0769. The molecular formula is C13H12N2O3. The lowest BCUT2D eigenvalue weighted by molar-refractivity contribution is -0.117. The topological polar surface area (TPSA) is 89.4 Å². The second-order valence-corrected chi connectivity index (χ2v) is 3.73. The minimum absolute atomic E-state index is 0.110. The maximum Gasteiger partial charge on any atom is 0.221 e. The van der Waals surface area contributed by atoms with E-state index in [1.807, 2.05) is 0 Å². The molecule has 0 spiro atoms. The summed E-state index contributed by atoms with van der Waals surface area (Å²) < 4.78 is 4.99. The Bertz CT molecular complexity index is 574. The Hall–Kier alpha value is -2.56. The van der Waals surface area contributed by atoms with Crippen molar-refractivity contribution in [2.24, 2.45) is 5.73 Å². The summed E-state index contributed by atoms with van der Waals surface area (Å²) in [5.41, 5.74) is 6.42. The number of nitrogens with zero attached hydrogens (tertiary/aromatic N) is 1. The standard InChI is InChI=1S/C13H12N2O3/c14-13(17)3-1-2-9-4-5-11(16)10(8-9)12-6-7-15-18-12/h1-2,4-8,16H,3H2,(H2,14,17). The first-order valence-electron chi connectivity index (χ1n) is 5.36. The van der Waals surface area contributed by atoms with Crippen molar-refractivity contribution < 1.29 is 14.4 Å². The zero-order valence-electron chi connectivity index (χ0n) is 9.54. The van der Waals surface area contributed by atoms with Gasteiger partial charge < -0.3 is 15.4 Å². The van der Waals surface area contributed by atoms with E-state index in [2.05, 4.69) is 5.16 Å². The van der Waals surface area contributed by atoms with Crippen molar-refractivity contribution >= 4 is 12.0 Å². The highest BCUT2D eigenvalue weighted by Gasteiger charge is 2.07. The molecule has 0 saturated carbocycles. The third-order valence-corrected chi connectivity index (χ3v) is 2.35. The van der Waals surface area contributed by atoms with Gasteiger partial charge in [-0.25, -0.2) is 0 Å². The molecule has 3 N–H and O–H groups in total. The van der Waals surface area contributed by atoms with Crippen LogP contribution in [0.4, 0.5) is 0 Å². The van der Waals surface area contributed by atoms with Gasteiger partial charge in [0.05, 0.1) is 11.8 Å². The van der Waals surface area contributed by atoms with Gasteiger partial charge in [0.25, 0.3) is 0 Å². The summed E-state index contributed by atoms with van der Waals surface area (Å²) in [5.74, 6) is 0.205. The van der Waals surface area contributed by atoms with Gasteiger partial charge in [0.15, 0.2) is 5.76 Å². The summed E-state index contributed by atoms with van der Waals surface area (Å²) >= 11 is 0. The van der Waals surface area contributed by atoms with E-state index in [-0.39, 0.29) is 18.1 Å². The highest BCUT2D eigenvalue weighted by molar-refractivity contribution is 5.77. The van der Waals surface area contributed by atoms with Gasteiger partial charge in [-0.3, -0.25) is 4.79 Å². The molecule has 0 fully saturated rings. The molecule has 0 radical (unpaired) electrons. The second kappa shape index (κ2) is 5.18. The molecule has 0 aliphatic heterocycles. The Morgan fingerprint density at radius 3 is 2.94 bits per heavy atom. The SMILES string of the molecule is NC(=O)CC=Cc1ccc(O)c(-c2ccno2)c1. The third-order valence-electron chi connectivity index (χ3n) is 2.35. The quantitative estimate of drug-likeness (QED) is 0.859. The zero-order valence-corrected chi connectivity index (χ0v) is 9.54. The maximum atomic E-state index is 10.6. The first-order valence-corrected chi connectivity index (χ1v) is 5.36. The largest absolute Gasteiger partial charge is 0.507 e. The number of phenols is 1. The lowest BCUT2D eigenvalue weighted by Crippen LogP contribution is -2.07. The van der Waals surface area contributed by atoms with Crippen molar-refractivity contribution in [3.05, 3.63) is 42.1 Å². The number of aromatic nitrogens is 1. The number of aromatic hydroxyl groups is 1. The number of carbonyl (C=O) groups excluding carboxylic acids is 1. The molecule has 18 heavy (non-hydrogen) atoms. The van der Waals surface area contributed by atoms with Crippen LogP contribution in [0.2, 0.25) is 0 Å². The number of primary amides is 1. The average molecular weight is 244 g/mol. The predicted octanol–water partition coefficient (Wildman–Crippen LogP) is 1.94. The van der Waals surface area contributed by atoms with Gasteiger partial charge in [0.1, 0.15) is 5.75 Å². The van der Waals surface area contributed by atoms with Crippen molar-refractivity contribution in [2.45, 2.75) is 6.42 Å². The first-order chi connectivity index (χ1) is 8.66. The van der Waals surface area contributed by atoms with Crippen molar-refractivity contribution in [1.29, 1.82) is 0 Å². The third kappa shape index (κ3) is 2.76. The van der Waals surface area contributed by atoms with Gasteiger partial charge in [-0.2, -0.15) is 0 Å². The van der Waals surface area contributed by atoms with Gasteiger partial charge in [0, 0.05) is 12.5 Å². The molecule has 5 heteroatoms. The van der Waals surface area contributed by atoms with E-state index in [9.17, 15) is 9.90 Å². The number of amides is 1. The van der Waals surface area contributed by atoms with Crippen LogP contribution >= 0.6 is 0 Å². The van der Waals surface area contributed by atoms with Crippen molar-refractivity contribution in [3.8, 4) is 17.1 Å². The summed E-state index contributed by atoms with van der Waals surface area (Å²) in [6.45, 7) is 0. The molecule has 0 bridgehead atoms. The fourth-order valence-electron chi connectivity index (χ4n) is 1.52. The molecule has 1 heterocycles. The molecule has 0 aliphatic rings. The van der Waals surface area contributed by atoms with E-state index in [1.54, 1.807) is 36.4 Å². The average Bonchev–Trinajstić information content (AvgIpc) is 2.84. The van der Waals surface area contributed by atoms with E-state index in [1.165, 1.54) is 6.20 Å². The predicted molar refractivity (Wildman–Crippen MR) is 66.4 cm³/mol. The fourth-order valence-corrected chi connectivity index (χ4v) is 1.52. The van der Waals surface area contributed by atoms with Crippen LogP contribution < -0.4 is 5.73 Å².